The molecule has 0 unspecified atom stereocenters. The van der Waals surface area contributed by atoms with Gasteiger partial charge in [-0.15, -0.1) is 12.4 Å². The molecule has 1 aromatic rings. The van der Waals surface area contributed by atoms with Crippen LogP contribution in [0.25, 0.3) is 0 Å². The van der Waals surface area contributed by atoms with Crippen LogP contribution in [-0.4, -0.2) is 24.4 Å². The van der Waals surface area contributed by atoms with Crippen molar-refractivity contribution in [2.45, 2.75) is 25.5 Å². The molecule has 3 nitrogen and oxygen atoms in total. The second-order valence-electron chi connectivity index (χ2n) is 3.46. The summed E-state index contributed by atoms with van der Waals surface area (Å²) >= 11 is 0. The van der Waals surface area contributed by atoms with Crippen molar-refractivity contribution in [1.29, 1.82) is 0 Å². The van der Waals surface area contributed by atoms with Crippen LogP contribution in [0.2, 0.25) is 0 Å². The Morgan fingerprint density at radius 3 is 2.67 bits per heavy atom. The van der Waals surface area contributed by atoms with E-state index in [1.165, 1.54) is 0 Å². The van der Waals surface area contributed by atoms with Crippen LogP contribution in [0.3, 0.4) is 0 Å². The standard InChI is InChI=1S/C11H17NO2.ClH/c1-8(13)11(12)7-9-4-3-5-10(6-9)14-2;/h3-6,8,11,13H,7,12H2,1-2H3;1H/t8-,11-;/m0./s1. The summed E-state index contributed by atoms with van der Waals surface area (Å²) in [5.74, 6) is 0.820. The SMILES string of the molecule is COc1cccc(C[C@H](N)[C@H](C)O)c1.Cl. The Bertz CT molecular complexity index is 292. The lowest BCUT2D eigenvalue weighted by Gasteiger charge is -2.14. The number of nitrogens with two attached hydrogens (primary N) is 1. The van der Waals surface area contributed by atoms with Crippen LogP contribution >= 0.6 is 12.4 Å². The van der Waals surface area contributed by atoms with Gasteiger partial charge in [0.1, 0.15) is 5.75 Å². The fourth-order valence-corrected chi connectivity index (χ4v) is 1.24. The third-order valence-corrected chi connectivity index (χ3v) is 2.23. The topological polar surface area (TPSA) is 55.5 Å². The van der Waals surface area contributed by atoms with Crippen LogP contribution in [0, 0.1) is 0 Å². The molecule has 4 heteroatoms. The molecule has 2 atom stereocenters. The number of hydrogen-bond acceptors (Lipinski definition) is 3. The van der Waals surface area contributed by atoms with Crippen LogP contribution in [0.4, 0.5) is 0 Å². The second-order valence-corrected chi connectivity index (χ2v) is 3.46. The molecule has 0 aromatic heterocycles. The number of ether oxygens (including phenoxy) is 1. The van der Waals surface area contributed by atoms with Crippen molar-refractivity contribution in [3.05, 3.63) is 29.8 Å². The Morgan fingerprint density at radius 2 is 2.13 bits per heavy atom. The highest BCUT2D eigenvalue weighted by atomic mass is 35.5. The Kier molecular flexibility index (Phi) is 6.32. The number of benzene rings is 1. The number of hydrogen-bond donors (Lipinski definition) is 2. The zero-order valence-corrected chi connectivity index (χ0v) is 9.83. The smallest absolute Gasteiger partial charge is 0.119 e. The highest BCUT2D eigenvalue weighted by Crippen LogP contribution is 2.14. The summed E-state index contributed by atoms with van der Waals surface area (Å²) in [6.07, 6.45) is 0.177. The van der Waals surface area contributed by atoms with E-state index in [2.05, 4.69) is 0 Å². The molecule has 0 saturated carbocycles. The van der Waals surface area contributed by atoms with Crippen molar-refractivity contribution in [1.82, 2.24) is 0 Å². The maximum atomic E-state index is 9.25. The molecular formula is C11H18ClNO2. The van der Waals surface area contributed by atoms with Gasteiger partial charge in [0.2, 0.25) is 0 Å². The number of aliphatic hydroxyl groups is 1. The zero-order chi connectivity index (χ0) is 10.6. The number of aliphatic hydroxyl groups excluding tert-OH is 1. The second kappa shape index (κ2) is 6.67. The Morgan fingerprint density at radius 1 is 1.47 bits per heavy atom. The first-order valence-corrected chi connectivity index (χ1v) is 4.70. The summed E-state index contributed by atoms with van der Waals surface area (Å²) in [5, 5.41) is 9.25. The van der Waals surface area contributed by atoms with Crippen LogP contribution in [0.1, 0.15) is 12.5 Å². The van der Waals surface area contributed by atoms with E-state index in [4.69, 9.17) is 10.5 Å². The van der Waals surface area contributed by atoms with E-state index in [9.17, 15) is 5.11 Å². The largest absolute Gasteiger partial charge is 0.497 e. The van der Waals surface area contributed by atoms with Crippen molar-refractivity contribution in [2.24, 2.45) is 5.73 Å². The fourth-order valence-electron chi connectivity index (χ4n) is 1.24. The van der Waals surface area contributed by atoms with Gasteiger partial charge in [-0.1, -0.05) is 12.1 Å². The predicted octanol–water partition coefficient (Wildman–Crippen LogP) is 1.37. The molecule has 0 radical (unpaired) electrons. The molecule has 0 aliphatic heterocycles. The van der Waals surface area contributed by atoms with Gasteiger partial charge in [-0.3, -0.25) is 0 Å². The molecule has 86 valence electrons. The van der Waals surface area contributed by atoms with Gasteiger partial charge in [-0.05, 0) is 31.0 Å². The Labute approximate surface area is 96.7 Å². The monoisotopic (exact) mass is 231 g/mol. The molecule has 0 bridgehead atoms. The Balaban J connectivity index is 0.00000196. The van der Waals surface area contributed by atoms with E-state index in [0.717, 1.165) is 11.3 Å². The van der Waals surface area contributed by atoms with E-state index in [0.29, 0.717) is 6.42 Å². The van der Waals surface area contributed by atoms with Crippen LogP contribution < -0.4 is 10.5 Å². The molecule has 1 rings (SSSR count). The molecule has 0 aliphatic rings. The normalized spacial score (nSPS) is 13.9. The van der Waals surface area contributed by atoms with E-state index < -0.39 is 6.10 Å². The minimum absolute atomic E-state index is 0. The highest BCUT2D eigenvalue weighted by molar-refractivity contribution is 5.85. The lowest BCUT2D eigenvalue weighted by molar-refractivity contribution is 0.163. The first-order valence-electron chi connectivity index (χ1n) is 4.70. The van der Waals surface area contributed by atoms with E-state index in [-0.39, 0.29) is 18.4 Å². The molecule has 0 amide bonds. The molecule has 15 heavy (non-hydrogen) atoms. The summed E-state index contributed by atoms with van der Waals surface area (Å²) in [4.78, 5) is 0. The minimum atomic E-state index is -0.485. The third kappa shape index (κ3) is 4.51. The quantitative estimate of drug-likeness (QED) is 0.823. The molecule has 0 fully saturated rings. The van der Waals surface area contributed by atoms with E-state index in [1.807, 2.05) is 24.3 Å². The average Bonchev–Trinajstić information content (AvgIpc) is 2.18. The average molecular weight is 232 g/mol. The summed E-state index contributed by atoms with van der Waals surface area (Å²) < 4.78 is 5.09. The minimum Gasteiger partial charge on any atom is -0.497 e. The molecule has 0 saturated heterocycles. The summed E-state index contributed by atoms with van der Waals surface area (Å²) in [5.41, 5.74) is 6.83. The molecule has 3 N–H and O–H groups in total. The van der Waals surface area contributed by atoms with Crippen molar-refractivity contribution in [3.8, 4) is 5.75 Å². The van der Waals surface area contributed by atoms with Gasteiger partial charge in [-0.2, -0.15) is 0 Å². The molecular weight excluding hydrogens is 214 g/mol. The molecule has 0 aliphatic carbocycles. The first-order chi connectivity index (χ1) is 6.63. The van der Waals surface area contributed by atoms with Gasteiger partial charge < -0.3 is 15.6 Å². The summed E-state index contributed by atoms with van der Waals surface area (Å²) in [6.45, 7) is 1.70. The number of methoxy groups -OCH3 is 1. The highest BCUT2D eigenvalue weighted by Gasteiger charge is 2.09. The van der Waals surface area contributed by atoms with Gasteiger partial charge in [-0.25, -0.2) is 0 Å². The number of halogens is 1. The van der Waals surface area contributed by atoms with Crippen molar-refractivity contribution >= 4 is 12.4 Å². The first kappa shape index (κ1) is 14.2. The lowest BCUT2D eigenvalue weighted by atomic mass is 10.0. The van der Waals surface area contributed by atoms with Gasteiger partial charge in [0.05, 0.1) is 13.2 Å². The van der Waals surface area contributed by atoms with E-state index >= 15 is 0 Å². The number of rotatable bonds is 4. The van der Waals surface area contributed by atoms with Crippen LogP contribution in [0.15, 0.2) is 24.3 Å². The maximum absolute atomic E-state index is 9.25. The van der Waals surface area contributed by atoms with Crippen molar-refractivity contribution < 1.29 is 9.84 Å². The van der Waals surface area contributed by atoms with Gasteiger partial charge in [0.15, 0.2) is 0 Å². The van der Waals surface area contributed by atoms with Gasteiger partial charge in [0.25, 0.3) is 0 Å². The van der Waals surface area contributed by atoms with Crippen LogP contribution in [-0.2, 0) is 6.42 Å². The molecule has 1 aromatic carbocycles. The summed E-state index contributed by atoms with van der Waals surface area (Å²) in [7, 11) is 1.63. The van der Waals surface area contributed by atoms with Crippen LogP contribution in [0.5, 0.6) is 5.75 Å². The molecule has 0 spiro atoms. The predicted molar refractivity (Wildman–Crippen MR) is 63.6 cm³/mol. The zero-order valence-electron chi connectivity index (χ0n) is 9.01. The Hall–Kier alpha value is -0.770. The third-order valence-electron chi connectivity index (χ3n) is 2.23. The van der Waals surface area contributed by atoms with Crippen molar-refractivity contribution in [2.75, 3.05) is 7.11 Å². The fraction of sp³-hybridized carbons (Fsp3) is 0.455. The lowest BCUT2D eigenvalue weighted by Crippen LogP contribution is -2.34. The van der Waals surface area contributed by atoms with Gasteiger partial charge >= 0.3 is 0 Å². The van der Waals surface area contributed by atoms with Crippen molar-refractivity contribution in [3.63, 3.8) is 0 Å². The van der Waals surface area contributed by atoms with E-state index in [1.54, 1.807) is 14.0 Å². The van der Waals surface area contributed by atoms with Gasteiger partial charge in [0, 0.05) is 6.04 Å². The summed E-state index contributed by atoms with van der Waals surface area (Å²) in [6, 6.07) is 7.50. The maximum Gasteiger partial charge on any atom is 0.119 e. The molecule has 0 heterocycles.